The van der Waals surface area contributed by atoms with Crippen LogP contribution in [0.25, 0.3) is 45.0 Å². The van der Waals surface area contributed by atoms with Crippen molar-refractivity contribution in [3.05, 3.63) is 168 Å². The van der Waals surface area contributed by atoms with Gasteiger partial charge in [-0.2, -0.15) is 10.2 Å². The van der Waals surface area contributed by atoms with E-state index in [9.17, 15) is 0 Å². The van der Waals surface area contributed by atoms with E-state index in [2.05, 4.69) is 158 Å². The Balaban J connectivity index is 1.38. The Morgan fingerprint density at radius 3 is 1.14 bits per heavy atom. The smallest absolute Gasteiger partial charge is 0.0965 e. The number of H-pyrrole nitrogens is 2. The molecule has 0 radical (unpaired) electrons. The van der Waals surface area contributed by atoms with E-state index in [1.165, 1.54) is 22.3 Å². The van der Waals surface area contributed by atoms with Crippen molar-refractivity contribution in [2.45, 2.75) is 25.7 Å². The van der Waals surface area contributed by atoms with E-state index in [4.69, 9.17) is 10.2 Å². The minimum absolute atomic E-state index is 0.132. The van der Waals surface area contributed by atoms with Crippen molar-refractivity contribution in [2.24, 2.45) is 0 Å². The van der Waals surface area contributed by atoms with E-state index in [1.807, 2.05) is 12.1 Å². The first-order valence-electron chi connectivity index (χ1n) is 15.2. The molecular formula is C40H34N4. The molecule has 0 aliphatic carbocycles. The summed E-state index contributed by atoms with van der Waals surface area (Å²) in [6.45, 7) is 4.53. The highest BCUT2D eigenvalue weighted by atomic mass is 15.1. The van der Waals surface area contributed by atoms with Crippen LogP contribution in [0.5, 0.6) is 0 Å². The van der Waals surface area contributed by atoms with Gasteiger partial charge in [-0.1, -0.05) is 153 Å². The van der Waals surface area contributed by atoms with Gasteiger partial charge >= 0.3 is 0 Å². The maximum atomic E-state index is 4.95. The highest BCUT2D eigenvalue weighted by Crippen LogP contribution is 2.42. The topological polar surface area (TPSA) is 57.4 Å². The third kappa shape index (κ3) is 5.16. The van der Waals surface area contributed by atoms with Crippen LogP contribution in [-0.2, 0) is 0 Å². The predicted molar refractivity (Wildman–Crippen MR) is 180 cm³/mol. The molecule has 0 fully saturated rings. The van der Waals surface area contributed by atoms with Crippen LogP contribution >= 0.6 is 0 Å². The molecule has 44 heavy (non-hydrogen) atoms. The fourth-order valence-corrected chi connectivity index (χ4v) is 6.26. The molecule has 2 atom stereocenters. The van der Waals surface area contributed by atoms with Gasteiger partial charge in [0.05, 0.1) is 22.8 Å². The number of hydrogen-bond acceptors (Lipinski definition) is 2. The Kier molecular flexibility index (Phi) is 7.47. The third-order valence-corrected chi connectivity index (χ3v) is 8.61. The number of nitrogens with one attached hydrogen (secondary N) is 2. The van der Waals surface area contributed by atoms with Crippen LogP contribution in [-0.4, -0.2) is 20.4 Å². The number of benzene rings is 5. The summed E-state index contributed by atoms with van der Waals surface area (Å²) in [6, 6.07) is 50.9. The fraction of sp³-hybridized carbons (Fsp3) is 0.100. The number of aromatic nitrogens is 4. The van der Waals surface area contributed by atoms with E-state index in [-0.39, 0.29) is 11.8 Å². The monoisotopic (exact) mass is 570 g/mol. The van der Waals surface area contributed by atoms with Gasteiger partial charge in [-0.05, 0) is 28.3 Å². The first kappa shape index (κ1) is 27.4. The lowest BCUT2D eigenvalue weighted by Crippen LogP contribution is -2.00. The zero-order chi connectivity index (χ0) is 29.9. The Morgan fingerprint density at radius 1 is 0.409 bits per heavy atom. The lowest BCUT2D eigenvalue weighted by atomic mass is 9.86. The summed E-state index contributed by atoms with van der Waals surface area (Å²) in [6.07, 6.45) is 0. The molecule has 0 saturated carbocycles. The summed E-state index contributed by atoms with van der Waals surface area (Å²) in [5, 5.41) is 16.7. The van der Waals surface area contributed by atoms with Crippen LogP contribution in [0.3, 0.4) is 0 Å². The van der Waals surface area contributed by atoms with E-state index in [0.717, 1.165) is 45.0 Å². The summed E-state index contributed by atoms with van der Waals surface area (Å²) >= 11 is 0. The lowest BCUT2D eigenvalue weighted by Gasteiger charge is -2.17. The van der Waals surface area contributed by atoms with Crippen LogP contribution in [0.1, 0.15) is 47.9 Å². The van der Waals surface area contributed by atoms with Crippen molar-refractivity contribution < 1.29 is 0 Å². The Labute approximate surface area is 258 Å². The summed E-state index contributed by atoms with van der Waals surface area (Å²) in [5.74, 6) is 0.264. The maximum absolute atomic E-state index is 4.95. The maximum Gasteiger partial charge on any atom is 0.0965 e. The second-order valence-corrected chi connectivity index (χ2v) is 11.3. The second-order valence-electron chi connectivity index (χ2n) is 11.3. The molecule has 0 aliphatic rings. The molecular weight excluding hydrogens is 536 g/mol. The van der Waals surface area contributed by atoms with Crippen molar-refractivity contribution >= 4 is 0 Å². The van der Waals surface area contributed by atoms with Gasteiger partial charge in [0.2, 0.25) is 0 Å². The van der Waals surface area contributed by atoms with Crippen molar-refractivity contribution in [3.63, 3.8) is 0 Å². The van der Waals surface area contributed by atoms with Crippen molar-refractivity contribution in [2.75, 3.05) is 0 Å². The number of rotatable bonds is 8. The molecule has 7 aromatic rings. The molecule has 0 spiro atoms. The minimum atomic E-state index is 0.132. The first-order chi connectivity index (χ1) is 21.7. The predicted octanol–water partition coefficient (Wildman–Crippen LogP) is 10.1. The highest BCUT2D eigenvalue weighted by Gasteiger charge is 2.25. The molecule has 0 aliphatic heterocycles. The molecule has 2 heterocycles. The van der Waals surface area contributed by atoms with Crippen LogP contribution < -0.4 is 0 Å². The van der Waals surface area contributed by atoms with E-state index >= 15 is 0 Å². The van der Waals surface area contributed by atoms with E-state index in [1.54, 1.807) is 0 Å². The van der Waals surface area contributed by atoms with E-state index < -0.39 is 0 Å². The molecule has 2 N–H and O–H groups in total. The normalized spacial score (nSPS) is 12.6. The number of nitrogens with zero attached hydrogens (tertiary/aromatic N) is 2. The van der Waals surface area contributed by atoms with Gasteiger partial charge < -0.3 is 0 Å². The summed E-state index contributed by atoms with van der Waals surface area (Å²) < 4.78 is 0. The summed E-state index contributed by atoms with van der Waals surface area (Å²) in [4.78, 5) is 0. The molecule has 0 amide bonds. The number of aromatic amines is 2. The van der Waals surface area contributed by atoms with Gasteiger partial charge in [0.15, 0.2) is 0 Å². The van der Waals surface area contributed by atoms with Gasteiger partial charge in [0, 0.05) is 34.1 Å². The van der Waals surface area contributed by atoms with Gasteiger partial charge in [-0.25, -0.2) is 0 Å². The quantitative estimate of drug-likeness (QED) is 0.191. The van der Waals surface area contributed by atoms with Gasteiger partial charge in [0.1, 0.15) is 0 Å². The zero-order valence-electron chi connectivity index (χ0n) is 24.9. The van der Waals surface area contributed by atoms with Crippen LogP contribution in [0.15, 0.2) is 146 Å². The van der Waals surface area contributed by atoms with Crippen LogP contribution in [0.2, 0.25) is 0 Å². The standard InChI is InChI=1S/C40H34N4/c1-27(29-16-7-3-8-17-29)35-37(31-20-11-5-12-21-31)41-43-39(35)33-24-15-25-34(26-33)40-36(28(2)30-18-9-4-10-19-30)38(42-44-40)32-22-13-6-14-23-32/h3-28H,1-2H3,(H,41,43)(H,42,44). The lowest BCUT2D eigenvalue weighted by molar-refractivity contribution is 0.927. The average Bonchev–Trinajstić information content (AvgIpc) is 3.75. The molecule has 2 unspecified atom stereocenters. The second kappa shape index (κ2) is 12.0. The van der Waals surface area contributed by atoms with Gasteiger partial charge in [0.25, 0.3) is 0 Å². The molecule has 0 saturated heterocycles. The summed E-state index contributed by atoms with van der Waals surface area (Å²) in [7, 11) is 0. The largest absolute Gasteiger partial charge is 0.277 e. The molecule has 2 aromatic heterocycles. The first-order valence-corrected chi connectivity index (χ1v) is 15.2. The minimum Gasteiger partial charge on any atom is -0.277 e. The SMILES string of the molecule is CC(c1ccccc1)c1c(-c2cccc(-c3n[nH]c(-c4ccccc4)c3C(C)c3ccccc3)c2)n[nH]c1-c1ccccc1. The zero-order valence-corrected chi connectivity index (χ0v) is 24.9. The van der Waals surface area contributed by atoms with Crippen molar-refractivity contribution in [1.82, 2.24) is 20.4 Å². The van der Waals surface area contributed by atoms with Gasteiger partial charge in [-0.15, -0.1) is 0 Å². The molecule has 4 heteroatoms. The molecule has 4 nitrogen and oxygen atoms in total. The van der Waals surface area contributed by atoms with E-state index in [0.29, 0.717) is 0 Å². The average molecular weight is 571 g/mol. The Bertz CT molecular complexity index is 1830. The van der Waals surface area contributed by atoms with Gasteiger partial charge in [-0.3, -0.25) is 10.2 Å². The Hall–Kier alpha value is -5.48. The molecule has 5 aromatic carbocycles. The van der Waals surface area contributed by atoms with Crippen molar-refractivity contribution in [1.29, 1.82) is 0 Å². The summed E-state index contributed by atoms with van der Waals surface area (Å²) in [5.41, 5.74) is 13.2. The Morgan fingerprint density at radius 2 is 0.750 bits per heavy atom. The fourth-order valence-electron chi connectivity index (χ4n) is 6.26. The highest BCUT2D eigenvalue weighted by molar-refractivity contribution is 5.81. The third-order valence-electron chi connectivity index (χ3n) is 8.61. The molecule has 214 valence electrons. The molecule has 0 bridgehead atoms. The number of hydrogen-bond donors (Lipinski definition) is 2. The van der Waals surface area contributed by atoms with Crippen molar-refractivity contribution in [3.8, 4) is 45.0 Å². The van der Waals surface area contributed by atoms with Crippen LogP contribution in [0.4, 0.5) is 0 Å². The van der Waals surface area contributed by atoms with Crippen LogP contribution in [0, 0.1) is 0 Å². The molecule has 7 rings (SSSR count).